The normalized spacial score (nSPS) is 10.8. The average molecular weight is 225 g/mol. The van der Waals surface area contributed by atoms with Crippen molar-refractivity contribution >= 4 is 5.97 Å². The Hall–Kier alpha value is -1.42. The highest BCUT2D eigenvalue weighted by Crippen LogP contribution is 2.10. The van der Waals surface area contributed by atoms with Crippen molar-refractivity contribution in [1.82, 2.24) is 4.90 Å². The van der Waals surface area contributed by atoms with Crippen LogP contribution in [0.25, 0.3) is 0 Å². The maximum Gasteiger partial charge on any atom is 0.304 e. The minimum atomic E-state index is -0.818. The Morgan fingerprint density at radius 2 is 2.19 bits per heavy atom. The lowest BCUT2D eigenvalue weighted by Crippen LogP contribution is -2.21. The van der Waals surface area contributed by atoms with Crippen molar-refractivity contribution in [1.29, 1.82) is 0 Å². The quantitative estimate of drug-likeness (QED) is 0.833. The molecule has 0 unspecified atom stereocenters. The minimum absolute atomic E-state index is 0.102. The van der Waals surface area contributed by atoms with Gasteiger partial charge in [0.2, 0.25) is 0 Å². The standard InChI is InChI=1S/C12H16FNO2/c1-9-3-4-10(7-11(9)13)8-14(2)6-5-12(15)16/h3-4,7H,5-6,8H2,1-2H3,(H,15,16). The number of nitrogens with zero attached hydrogens (tertiary/aromatic N) is 1. The highest BCUT2D eigenvalue weighted by molar-refractivity contribution is 5.66. The van der Waals surface area contributed by atoms with Crippen LogP contribution in [0.4, 0.5) is 4.39 Å². The summed E-state index contributed by atoms with van der Waals surface area (Å²) in [4.78, 5) is 12.2. The van der Waals surface area contributed by atoms with Gasteiger partial charge in [0.05, 0.1) is 6.42 Å². The first-order chi connectivity index (χ1) is 7.49. The number of halogens is 1. The van der Waals surface area contributed by atoms with E-state index in [1.807, 2.05) is 18.0 Å². The van der Waals surface area contributed by atoms with E-state index in [0.717, 1.165) is 5.56 Å². The van der Waals surface area contributed by atoms with Crippen LogP contribution in [0.5, 0.6) is 0 Å². The third-order valence-electron chi connectivity index (χ3n) is 2.40. The van der Waals surface area contributed by atoms with Crippen LogP contribution in [-0.4, -0.2) is 29.6 Å². The Balaban J connectivity index is 2.52. The molecule has 0 heterocycles. The molecule has 4 heteroatoms. The maximum absolute atomic E-state index is 13.2. The number of hydrogen-bond acceptors (Lipinski definition) is 2. The van der Waals surface area contributed by atoms with Crippen molar-refractivity contribution in [2.75, 3.05) is 13.6 Å². The van der Waals surface area contributed by atoms with Gasteiger partial charge in [-0.3, -0.25) is 4.79 Å². The van der Waals surface area contributed by atoms with E-state index >= 15 is 0 Å². The monoisotopic (exact) mass is 225 g/mol. The van der Waals surface area contributed by atoms with Gasteiger partial charge in [0.25, 0.3) is 0 Å². The van der Waals surface area contributed by atoms with E-state index < -0.39 is 5.97 Å². The van der Waals surface area contributed by atoms with Crippen LogP contribution in [0.3, 0.4) is 0 Å². The Kier molecular flexibility index (Phi) is 4.43. The molecule has 0 aliphatic heterocycles. The van der Waals surface area contributed by atoms with Crippen molar-refractivity contribution in [2.24, 2.45) is 0 Å². The predicted molar refractivity (Wildman–Crippen MR) is 59.7 cm³/mol. The number of carboxylic acids is 1. The van der Waals surface area contributed by atoms with Crippen LogP contribution in [0.2, 0.25) is 0 Å². The zero-order valence-electron chi connectivity index (χ0n) is 9.53. The van der Waals surface area contributed by atoms with Crippen LogP contribution in [0.15, 0.2) is 18.2 Å². The molecule has 0 spiro atoms. The summed E-state index contributed by atoms with van der Waals surface area (Å²) in [5.41, 5.74) is 1.48. The summed E-state index contributed by atoms with van der Waals surface area (Å²) in [5.74, 6) is -1.04. The van der Waals surface area contributed by atoms with Gasteiger partial charge in [0.1, 0.15) is 5.82 Å². The van der Waals surface area contributed by atoms with Gasteiger partial charge in [-0.15, -0.1) is 0 Å². The first-order valence-corrected chi connectivity index (χ1v) is 5.14. The molecular formula is C12H16FNO2. The average Bonchev–Trinajstić information content (AvgIpc) is 2.21. The highest BCUT2D eigenvalue weighted by atomic mass is 19.1. The lowest BCUT2D eigenvalue weighted by atomic mass is 10.1. The Labute approximate surface area is 94.5 Å². The van der Waals surface area contributed by atoms with Crippen LogP contribution in [0.1, 0.15) is 17.5 Å². The molecule has 0 fully saturated rings. The number of hydrogen-bond donors (Lipinski definition) is 1. The summed E-state index contributed by atoms with van der Waals surface area (Å²) in [6, 6.07) is 5.08. The number of carbonyl (C=O) groups is 1. The maximum atomic E-state index is 13.2. The summed E-state index contributed by atoms with van der Waals surface area (Å²) >= 11 is 0. The molecule has 1 aromatic carbocycles. The molecule has 0 bridgehead atoms. The summed E-state index contributed by atoms with van der Waals surface area (Å²) in [5, 5.41) is 8.52. The molecule has 1 aromatic rings. The number of aliphatic carboxylic acids is 1. The fourth-order valence-corrected chi connectivity index (χ4v) is 1.41. The summed E-state index contributed by atoms with van der Waals surface area (Å²) in [6.45, 7) is 2.74. The van der Waals surface area contributed by atoms with Crippen LogP contribution in [-0.2, 0) is 11.3 Å². The first-order valence-electron chi connectivity index (χ1n) is 5.14. The van der Waals surface area contributed by atoms with Crippen molar-refractivity contribution in [3.8, 4) is 0 Å². The van der Waals surface area contributed by atoms with Crippen molar-refractivity contribution in [3.63, 3.8) is 0 Å². The third-order valence-corrected chi connectivity index (χ3v) is 2.40. The molecule has 16 heavy (non-hydrogen) atoms. The van der Waals surface area contributed by atoms with Gasteiger partial charge in [0, 0.05) is 13.1 Å². The number of benzene rings is 1. The van der Waals surface area contributed by atoms with E-state index in [4.69, 9.17) is 5.11 Å². The second kappa shape index (κ2) is 5.61. The Morgan fingerprint density at radius 3 is 2.75 bits per heavy atom. The second-order valence-electron chi connectivity index (χ2n) is 3.97. The lowest BCUT2D eigenvalue weighted by molar-refractivity contribution is -0.137. The van der Waals surface area contributed by atoms with Gasteiger partial charge in [-0.1, -0.05) is 12.1 Å². The molecule has 88 valence electrons. The van der Waals surface area contributed by atoms with E-state index in [9.17, 15) is 9.18 Å². The zero-order valence-corrected chi connectivity index (χ0v) is 9.53. The lowest BCUT2D eigenvalue weighted by Gasteiger charge is -2.15. The van der Waals surface area contributed by atoms with E-state index in [2.05, 4.69) is 0 Å². The van der Waals surface area contributed by atoms with E-state index in [1.54, 1.807) is 13.0 Å². The number of carboxylic acid groups (broad SMARTS) is 1. The predicted octanol–water partition coefficient (Wildman–Crippen LogP) is 2.04. The summed E-state index contributed by atoms with van der Waals surface area (Å²) in [7, 11) is 1.82. The van der Waals surface area contributed by atoms with E-state index in [-0.39, 0.29) is 12.2 Å². The summed E-state index contributed by atoms with van der Waals surface area (Å²) < 4.78 is 13.2. The first kappa shape index (κ1) is 12.6. The van der Waals surface area contributed by atoms with Gasteiger partial charge in [-0.25, -0.2) is 4.39 Å². The molecule has 0 radical (unpaired) electrons. The van der Waals surface area contributed by atoms with Gasteiger partial charge in [-0.2, -0.15) is 0 Å². The molecular weight excluding hydrogens is 209 g/mol. The fourth-order valence-electron chi connectivity index (χ4n) is 1.41. The van der Waals surface area contributed by atoms with Crippen molar-refractivity contribution < 1.29 is 14.3 Å². The molecule has 0 atom stereocenters. The van der Waals surface area contributed by atoms with Crippen LogP contribution < -0.4 is 0 Å². The topological polar surface area (TPSA) is 40.5 Å². The fraction of sp³-hybridized carbons (Fsp3) is 0.417. The minimum Gasteiger partial charge on any atom is -0.481 e. The molecule has 0 amide bonds. The SMILES string of the molecule is Cc1ccc(CN(C)CCC(=O)O)cc1F. The van der Waals surface area contributed by atoms with E-state index in [1.165, 1.54) is 6.07 Å². The molecule has 0 saturated heterocycles. The van der Waals surface area contributed by atoms with E-state index in [0.29, 0.717) is 18.7 Å². The van der Waals surface area contributed by atoms with Crippen LogP contribution in [0, 0.1) is 12.7 Å². The Morgan fingerprint density at radius 1 is 1.50 bits per heavy atom. The third kappa shape index (κ3) is 3.98. The molecule has 0 aliphatic carbocycles. The van der Waals surface area contributed by atoms with Gasteiger partial charge < -0.3 is 10.0 Å². The second-order valence-corrected chi connectivity index (χ2v) is 3.97. The molecule has 0 aromatic heterocycles. The zero-order chi connectivity index (χ0) is 12.1. The van der Waals surface area contributed by atoms with Gasteiger partial charge >= 0.3 is 5.97 Å². The molecule has 1 N–H and O–H groups in total. The number of aryl methyl sites for hydroxylation is 1. The van der Waals surface area contributed by atoms with Gasteiger partial charge in [0.15, 0.2) is 0 Å². The van der Waals surface area contributed by atoms with Crippen molar-refractivity contribution in [2.45, 2.75) is 19.9 Å². The Bertz CT molecular complexity index is 379. The molecule has 3 nitrogen and oxygen atoms in total. The largest absolute Gasteiger partial charge is 0.481 e. The molecule has 1 rings (SSSR count). The van der Waals surface area contributed by atoms with Gasteiger partial charge in [-0.05, 0) is 31.2 Å². The highest BCUT2D eigenvalue weighted by Gasteiger charge is 2.05. The smallest absolute Gasteiger partial charge is 0.304 e. The van der Waals surface area contributed by atoms with Crippen molar-refractivity contribution in [3.05, 3.63) is 35.1 Å². The number of rotatable bonds is 5. The molecule has 0 aliphatic rings. The summed E-state index contributed by atoms with van der Waals surface area (Å²) in [6.07, 6.45) is 0.102. The molecule has 0 saturated carbocycles. The van der Waals surface area contributed by atoms with Crippen LogP contribution >= 0.6 is 0 Å².